The second-order valence-electron chi connectivity index (χ2n) is 12.1. The van der Waals surface area contributed by atoms with Crippen molar-refractivity contribution in [1.82, 2.24) is 10.6 Å². The average molecular weight is 668 g/mol. The Balaban J connectivity index is 1.59. The number of hydrogen-bond donors (Lipinski definition) is 2. The number of benzene rings is 6. The highest BCUT2D eigenvalue weighted by molar-refractivity contribution is 6.12. The Kier molecular flexibility index (Phi) is 8.30. The smallest absolute Gasteiger partial charge is 0.356 e. The molecule has 0 fully saturated rings. The van der Waals surface area contributed by atoms with Gasteiger partial charge in [-0.15, -0.1) is 0 Å². The van der Waals surface area contributed by atoms with E-state index < -0.39 is 23.5 Å². The number of halogens is 6. The molecule has 6 aromatic rings. The van der Waals surface area contributed by atoms with Crippen LogP contribution >= 0.6 is 0 Å². The molecule has 0 bridgehead atoms. The minimum atomic E-state index is -4.48. The Hall–Kier alpha value is -5.31. The monoisotopic (exact) mass is 667 g/mol. The summed E-state index contributed by atoms with van der Waals surface area (Å²) in [5, 5.41) is 10.5. The lowest BCUT2D eigenvalue weighted by Crippen LogP contribution is -2.37. The van der Waals surface area contributed by atoms with Crippen LogP contribution in [0, 0.1) is 0 Å². The first-order valence-electron chi connectivity index (χ1n) is 16.0. The van der Waals surface area contributed by atoms with Crippen molar-refractivity contribution in [3.63, 3.8) is 0 Å². The molecule has 3 nitrogen and oxygen atoms in total. The van der Waals surface area contributed by atoms with Gasteiger partial charge in [0.15, 0.2) is 5.96 Å². The van der Waals surface area contributed by atoms with Gasteiger partial charge in [-0.2, -0.15) is 26.3 Å². The molecule has 2 N–H and O–H groups in total. The predicted molar refractivity (Wildman–Crippen MR) is 184 cm³/mol. The molecule has 0 radical (unpaired) electrons. The summed E-state index contributed by atoms with van der Waals surface area (Å²) in [7, 11) is 0. The highest BCUT2D eigenvalue weighted by Crippen LogP contribution is 2.47. The molecule has 0 amide bonds. The van der Waals surface area contributed by atoms with Gasteiger partial charge in [-0.05, 0) is 109 Å². The molecule has 0 aromatic heterocycles. The van der Waals surface area contributed by atoms with Gasteiger partial charge in [-0.1, -0.05) is 79.7 Å². The zero-order valence-electron chi connectivity index (χ0n) is 26.4. The molecule has 0 spiro atoms. The van der Waals surface area contributed by atoms with Crippen LogP contribution < -0.4 is 10.6 Å². The van der Waals surface area contributed by atoms with E-state index >= 15 is 0 Å². The number of aliphatic imine (C=N–C) groups is 1. The molecule has 6 aromatic carbocycles. The molecule has 9 heteroatoms. The maximum atomic E-state index is 13.6. The number of nitrogens with one attached hydrogen (secondary N) is 2. The number of rotatable bonds is 4. The molecule has 0 saturated carbocycles. The molecule has 1 heterocycles. The molecule has 0 aliphatic carbocycles. The van der Waals surface area contributed by atoms with E-state index in [1.807, 2.05) is 67.6 Å². The molecule has 0 unspecified atom stereocenters. The Morgan fingerprint density at radius 2 is 1.10 bits per heavy atom. The van der Waals surface area contributed by atoms with E-state index in [1.54, 1.807) is 0 Å². The third-order valence-corrected chi connectivity index (χ3v) is 8.98. The molecule has 1 aliphatic heterocycles. The minimum absolute atomic E-state index is 0.216. The summed E-state index contributed by atoms with van der Waals surface area (Å²) >= 11 is 0. The molecule has 49 heavy (non-hydrogen) atoms. The largest absolute Gasteiger partial charge is 0.416 e. The minimum Gasteiger partial charge on any atom is -0.356 e. The molecule has 1 aliphatic rings. The first-order chi connectivity index (χ1) is 23.5. The van der Waals surface area contributed by atoms with Crippen LogP contribution in [0.15, 0.2) is 114 Å². The van der Waals surface area contributed by atoms with Crippen molar-refractivity contribution in [3.8, 4) is 33.4 Å². The van der Waals surface area contributed by atoms with Gasteiger partial charge in [0, 0.05) is 13.1 Å². The normalized spacial score (nSPS) is 13.5. The van der Waals surface area contributed by atoms with Gasteiger partial charge < -0.3 is 10.6 Å². The first kappa shape index (κ1) is 32.2. The number of guanidine groups is 1. The fourth-order valence-electron chi connectivity index (χ4n) is 6.64. The number of hydrogen-bond acceptors (Lipinski definition) is 3. The lowest BCUT2D eigenvalue weighted by atomic mass is 9.81. The van der Waals surface area contributed by atoms with Crippen LogP contribution in [0.3, 0.4) is 0 Å². The summed E-state index contributed by atoms with van der Waals surface area (Å²) in [5.74, 6) is 0.554. The standard InChI is InChI=1S/C40H31F6N3/c1-2-19-47-38-48-22-34-32(24-11-15-28(16-12-24)39(41,42)43)20-26-7-3-5-9-30(26)36(34)37-31-10-6-4-8-27(31)21-33(35(37)23-49-38)25-13-17-29(18-14-25)40(44,45)46/h3-18,20-21H,2,19,22-23H2,1H3,(H2,47,48,49). The van der Waals surface area contributed by atoms with Crippen LogP contribution in [-0.2, 0) is 25.4 Å². The fourth-order valence-corrected chi connectivity index (χ4v) is 6.64. The molecular weight excluding hydrogens is 636 g/mol. The van der Waals surface area contributed by atoms with Gasteiger partial charge in [-0.3, -0.25) is 0 Å². The molecular formula is C40H31F6N3. The summed E-state index contributed by atoms with van der Waals surface area (Å²) in [6.07, 6.45) is -8.10. The fraction of sp³-hybridized carbons (Fsp3) is 0.175. The summed E-state index contributed by atoms with van der Waals surface area (Å²) < 4.78 is 81.5. The Morgan fingerprint density at radius 3 is 1.59 bits per heavy atom. The first-order valence-corrected chi connectivity index (χ1v) is 16.0. The molecule has 248 valence electrons. The van der Waals surface area contributed by atoms with Crippen molar-refractivity contribution in [2.45, 2.75) is 38.8 Å². The molecule has 7 rings (SSSR count). The van der Waals surface area contributed by atoms with Gasteiger partial charge in [-0.25, -0.2) is 4.99 Å². The van der Waals surface area contributed by atoms with Crippen LogP contribution in [0.4, 0.5) is 26.3 Å². The van der Waals surface area contributed by atoms with Crippen molar-refractivity contribution in [3.05, 3.63) is 131 Å². The maximum Gasteiger partial charge on any atom is 0.416 e. The predicted octanol–water partition coefficient (Wildman–Crippen LogP) is 11.0. The van der Waals surface area contributed by atoms with E-state index in [4.69, 9.17) is 4.99 Å². The van der Waals surface area contributed by atoms with Gasteiger partial charge in [0.2, 0.25) is 0 Å². The van der Waals surface area contributed by atoms with E-state index in [0.717, 1.165) is 85.6 Å². The van der Waals surface area contributed by atoms with Crippen LogP contribution in [-0.4, -0.2) is 12.5 Å². The van der Waals surface area contributed by atoms with Crippen LogP contribution in [0.5, 0.6) is 0 Å². The van der Waals surface area contributed by atoms with Crippen LogP contribution in [0.1, 0.15) is 35.6 Å². The van der Waals surface area contributed by atoms with Crippen molar-refractivity contribution in [2.75, 3.05) is 6.54 Å². The summed E-state index contributed by atoms with van der Waals surface area (Å²) in [5.41, 5.74) is 4.76. The zero-order chi connectivity index (χ0) is 34.3. The number of alkyl halides is 6. The van der Waals surface area contributed by atoms with Crippen molar-refractivity contribution in [2.24, 2.45) is 4.99 Å². The van der Waals surface area contributed by atoms with Gasteiger partial charge in [0.1, 0.15) is 0 Å². The second kappa shape index (κ2) is 12.6. The highest BCUT2D eigenvalue weighted by Gasteiger charge is 2.32. The topological polar surface area (TPSA) is 36.4 Å². The van der Waals surface area contributed by atoms with E-state index in [0.29, 0.717) is 30.2 Å². The number of fused-ring (bicyclic) bond motifs is 7. The molecule has 0 atom stereocenters. The van der Waals surface area contributed by atoms with Crippen molar-refractivity contribution in [1.29, 1.82) is 0 Å². The van der Waals surface area contributed by atoms with E-state index in [2.05, 4.69) is 10.6 Å². The molecule has 0 saturated heterocycles. The van der Waals surface area contributed by atoms with Crippen molar-refractivity contribution < 1.29 is 26.3 Å². The lowest BCUT2D eigenvalue weighted by molar-refractivity contribution is -0.138. The van der Waals surface area contributed by atoms with E-state index in [-0.39, 0.29) is 6.54 Å². The summed E-state index contributed by atoms with van der Waals surface area (Å²) in [6, 6.07) is 30.2. The van der Waals surface area contributed by atoms with Crippen LogP contribution in [0.25, 0.3) is 54.9 Å². The van der Waals surface area contributed by atoms with Crippen LogP contribution in [0.2, 0.25) is 0 Å². The van der Waals surface area contributed by atoms with Gasteiger partial charge in [0.05, 0.1) is 17.7 Å². The zero-order valence-corrected chi connectivity index (χ0v) is 26.4. The van der Waals surface area contributed by atoms with Gasteiger partial charge >= 0.3 is 12.4 Å². The van der Waals surface area contributed by atoms with E-state index in [9.17, 15) is 26.3 Å². The quantitative estimate of drug-likeness (QED) is 0.184. The third-order valence-electron chi connectivity index (χ3n) is 8.98. The van der Waals surface area contributed by atoms with Gasteiger partial charge in [0.25, 0.3) is 0 Å². The Bertz CT molecular complexity index is 2200. The lowest BCUT2D eigenvalue weighted by Gasteiger charge is -2.23. The highest BCUT2D eigenvalue weighted by atomic mass is 19.4. The second-order valence-corrected chi connectivity index (χ2v) is 12.1. The summed E-state index contributed by atoms with van der Waals surface area (Å²) in [6.45, 7) is 3.22. The summed E-state index contributed by atoms with van der Waals surface area (Å²) in [4.78, 5) is 4.97. The Morgan fingerprint density at radius 1 is 0.633 bits per heavy atom. The van der Waals surface area contributed by atoms with E-state index in [1.165, 1.54) is 24.3 Å². The third kappa shape index (κ3) is 6.21. The number of nitrogens with zero attached hydrogens (tertiary/aromatic N) is 1. The van der Waals surface area contributed by atoms with Crippen molar-refractivity contribution >= 4 is 27.5 Å². The SMILES string of the molecule is CCCNC1=NCc2c(-c3ccc(C(F)(F)F)cc3)cc3ccccc3c2-c2c(c(-c3ccc(C(F)(F)F)cc3)cc3ccccc23)CN1. The average Bonchev–Trinajstić information content (AvgIpc) is 3.17. The Labute approximate surface area is 279 Å². The maximum absolute atomic E-state index is 13.6.